The fourth-order valence-corrected chi connectivity index (χ4v) is 1.33. The van der Waals surface area contributed by atoms with Crippen LogP contribution >= 0.6 is 0 Å². The summed E-state index contributed by atoms with van der Waals surface area (Å²) in [5, 5.41) is 0. The quantitative estimate of drug-likeness (QED) is 0.696. The van der Waals surface area contributed by atoms with Gasteiger partial charge < -0.3 is 9.54 Å². The molecule has 0 saturated heterocycles. The number of para-hydroxylation sites is 2. The van der Waals surface area contributed by atoms with E-state index in [4.69, 9.17) is 0 Å². The van der Waals surface area contributed by atoms with Crippen molar-refractivity contribution in [1.82, 2.24) is 9.97 Å². The van der Waals surface area contributed by atoms with Crippen molar-refractivity contribution in [2.24, 2.45) is 0 Å². The molecule has 5 nitrogen and oxygen atoms in total. The second-order valence-corrected chi connectivity index (χ2v) is 3.11. The summed E-state index contributed by atoms with van der Waals surface area (Å²) >= 11 is -2.34. The van der Waals surface area contributed by atoms with Crippen LogP contribution in [0, 0.1) is 0 Å². The van der Waals surface area contributed by atoms with Crippen LogP contribution in [0.3, 0.4) is 0 Å². The number of H-pyrrole nitrogens is 1. The number of aromatic amines is 1. The average Bonchev–Trinajstić information content (AvgIpc) is 2.44. The summed E-state index contributed by atoms with van der Waals surface area (Å²) in [5.74, 6) is 0.231. The number of hydrogen-bond donors (Lipinski definition) is 2. The molecule has 2 rings (SSSR count). The SMILES string of the molecule is O=S([O-])Nc1nc2ccccc2[nH]1. The summed E-state index contributed by atoms with van der Waals surface area (Å²) < 4.78 is 22.7. The first-order valence-corrected chi connectivity index (χ1v) is 4.64. The highest BCUT2D eigenvalue weighted by molar-refractivity contribution is 7.80. The van der Waals surface area contributed by atoms with E-state index in [1.54, 1.807) is 6.07 Å². The van der Waals surface area contributed by atoms with Crippen molar-refractivity contribution in [2.45, 2.75) is 0 Å². The van der Waals surface area contributed by atoms with E-state index in [-0.39, 0.29) is 5.95 Å². The van der Waals surface area contributed by atoms with Crippen LogP contribution < -0.4 is 4.72 Å². The monoisotopic (exact) mass is 196 g/mol. The van der Waals surface area contributed by atoms with Crippen molar-refractivity contribution in [3.05, 3.63) is 24.3 Å². The zero-order valence-electron chi connectivity index (χ0n) is 6.48. The van der Waals surface area contributed by atoms with Gasteiger partial charge in [-0.2, -0.15) is 0 Å². The molecule has 2 aromatic rings. The van der Waals surface area contributed by atoms with Crippen molar-refractivity contribution < 1.29 is 8.76 Å². The minimum absolute atomic E-state index is 0.231. The molecule has 0 saturated carbocycles. The fraction of sp³-hybridized carbons (Fsp3) is 0. The molecule has 6 heteroatoms. The Morgan fingerprint density at radius 3 is 2.92 bits per heavy atom. The highest BCUT2D eigenvalue weighted by atomic mass is 32.2. The van der Waals surface area contributed by atoms with E-state index in [1.165, 1.54) is 0 Å². The predicted molar refractivity (Wildman–Crippen MR) is 48.6 cm³/mol. The minimum atomic E-state index is -2.34. The molecule has 0 amide bonds. The number of nitrogens with one attached hydrogen (secondary N) is 2. The number of anilines is 1. The highest BCUT2D eigenvalue weighted by Crippen LogP contribution is 2.12. The van der Waals surface area contributed by atoms with Crippen LogP contribution in [0.4, 0.5) is 5.95 Å². The zero-order valence-corrected chi connectivity index (χ0v) is 7.30. The predicted octanol–water partition coefficient (Wildman–Crippen LogP) is 0.769. The molecule has 0 aliphatic carbocycles. The van der Waals surface area contributed by atoms with E-state index in [0.717, 1.165) is 11.0 Å². The van der Waals surface area contributed by atoms with E-state index in [2.05, 4.69) is 14.7 Å². The summed E-state index contributed by atoms with van der Waals surface area (Å²) in [4.78, 5) is 6.80. The molecule has 0 aliphatic heterocycles. The normalized spacial score (nSPS) is 13.0. The maximum absolute atomic E-state index is 10.3. The first-order valence-electron chi connectivity index (χ1n) is 3.56. The number of rotatable bonds is 2. The Hall–Kier alpha value is -1.40. The summed E-state index contributed by atoms with van der Waals surface area (Å²) in [6, 6.07) is 7.30. The maximum Gasteiger partial charge on any atom is 0.212 e. The summed E-state index contributed by atoms with van der Waals surface area (Å²) in [6.45, 7) is 0. The van der Waals surface area contributed by atoms with Gasteiger partial charge in [-0.1, -0.05) is 12.1 Å². The molecule has 1 heterocycles. The third kappa shape index (κ3) is 1.68. The van der Waals surface area contributed by atoms with Crippen LogP contribution in [0.25, 0.3) is 11.0 Å². The Morgan fingerprint density at radius 2 is 2.23 bits per heavy atom. The van der Waals surface area contributed by atoms with Crippen molar-refractivity contribution in [2.75, 3.05) is 4.72 Å². The molecule has 68 valence electrons. The molecule has 0 aliphatic rings. The molecule has 2 N–H and O–H groups in total. The molecule has 1 aromatic heterocycles. The van der Waals surface area contributed by atoms with Gasteiger partial charge in [-0.25, -0.2) is 4.98 Å². The molecule has 0 spiro atoms. The Kier molecular flexibility index (Phi) is 1.99. The van der Waals surface area contributed by atoms with E-state index >= 15 is 0 Å². The summed E-state index contributed by atoms with van der Waals surface area (Å²) in [5.41, 5.74) is 1.53. The second-order valence-electron chi connectivity index (χ2n) is 2.44. The summed E-state index contributed by atoms with van der Waals surface area (Å²) in [7, 11) is 0. The molecular formula is C7H6N3O2S-. The first-order chi connectivity index (χ1) is 6.25. The largest absolute Gasteiger partial charge is 0.755 e. The van der Waals surface area contributed by atoms with Gasteiger partial charge in [0.2, 0.25) is 5.95 Å². The van der Waals surface area contributed by atoms with Crippen LogP contribution in [-0.4, -0.2) is 18.7 Å². The average molecular weight is 196 g/mol. The van der Waals surface area contributed by atoms with Gasteiger partial charge in [-0.3, -0.25) is 8.93 Å². The number of imidazole rings is 1. The van der Waals surface area contributed by atoms with E-state index in [9.17, 15) is 8.76 Å². The summed E-state index contributed by atoms with van der Waals surface area (Å²) in [6.07, 6.45) is 0. The highest BCUT2D eigenvalue weighted by Gasteiger charge is 1.99. The van der Waals surface area contributed by atoms with Gasteiger partial charge in [0, 0.05) is 11.3 Å². The van der Waals surface area contributed by atoms with Gasteiger partial charge in [0.15, 0.2) is 0 Å². The Labute approximate surface area is 76.6 Å². The molecule has 0 radical (unpaired) electrons. The van der Waals surface area contributed by atoms with Crippen LogP contribution in [-0.2, 0) is 11.3 Å². The van der Waals surface area contributed by atoms with Gasteiger partial charge in [-0.15, -0.1) is 0 Å². The van der Waals surface area contributed by atoms with Crippen LogP contribution in [0.5, 0.6) is 0 Å². The number of fused-ring (bicyclic) bond motifs is 1. The van der Waals surface area contributed by atoms with Gasteiger partial charge in [0.25, 0.3) is 0 Å². The number of aromatic nitrogens is 2. The maximum atomic E-state index is 10.3. The molecular weight excluding hydrogens is 190 g/mol. The van der Waals surface area contributed by atoms with E-state index < -0.39 is 11.3 Å². The van der Waals surface area contributed by atoms with Gasteiger partial charge in [-0.05, 0) is 12.1 Å². The van der Waals surface area contributed by atoms with Crippen molar-refractivity contribution in [3.63, 3.8) is 0 Å². The topological polar surface area (TPSA) is 80.8 Å². The first kappa shape index (κ1) is 8.21. The standard InChI is InChI=1S/C7H7N3O2S/c11-13(12)10-7-8-5-3-1-2-4-6(5)9-7/h1-4H,(H,11,12)(H2,8,9,10)/p-1. The van der Waals surface area contributed by atoms with Crippen LogP contribution in [0.1, 0.15) is 0 Å². The molecule has 0 fully saturated rings. The molecule has 1 unspecified atom stereocenters. The van der Waals surface area contributed by atoms with E-state index in [0.29, 0.717) is 0 Å². The fourth-order valence-electron chi connectivity index (χ4n) is 1.08. The lowest BCUT2D eigenvalue weighted by Crippen LogP contribution is -2.03. The molecule has 1 aromatic carbocycles. The number of benzene rings is 1. The Bertz CT molecular complexity index is 421. The minimum Gasteiger partial charge on any atom is -0.755 e. The smallest absolute Gasteiger partial charge is 0.212 e. The lowest BCUT2D eigenvalue weighted by molar-refractivity contribution is 0.542. The third-order valence-electron chi connectivity index (χ3n) is 1.57. The lowest BCUT2D eigenvalue weighted by Gasteiger charge is -2.02. The van der Waals surface area contributed by atoms with Crippen molar-refractivity contribution in [1.29, 1.82) is 0 Å². The van der Waals surface area contributed by atoms with Crippen molar-refractivity contribution in [3.8, 4) is 0 Å². The zero-order chi connectivity index (χ0) is 9.26. The Balaban J connectivity index is 2.44. The third-order valence-corrected chi connectivity index (χ3v) is 1.93. The molecule has 1 atom stereocenters. The Morgan fingerprint density at radius 1 is 1.46 bits per heavy atom. The van der Waals surface area contributed by atoms with E-state index in [1.807, 2.05) is 18.2 Å². The molecule has 13 heavy (non-hydrogen) atoms. The number of hydrogen-bond acceptors (Lipinski definition) is 3. The lowest BCUT2D eigenvalue weighted by atomic mass is 10.3. The van der Waals surface area contributed by atoms with Gasteiger partial charge in [0.05, 0.1) is 11.0 Å². The second kappa shape index (κ2) is 3.15. The van der Waals surface area contributed by atoms with Crippen LogP contribution in [0.15, 0.2) is 24.3 Å². The van der Waals surface area contributed by atoms with Crippen LogP contribution in [0.2, 0.25) is 0 Å². The van der Waals surface area contributed by atoms with Gasteiger partial charge in [0.1, 0.15) is 0 Å². The van der Waals surface area contributed by atoms with Crippen molar-refractivity contribution >= 4 is 28.2 Å². The van der Waals surface area contributed by atoms with Gasteiger partial charge >= 0.3 is 0 Å². The molecule has 0 bridgehead atoms. The number of nitrogens with zero attached hydrogens (tertiary/aromatic N) is 1.